The van der Waals surface area contributed by atoms with E-state index in [4.69, 9.17) is 9.97 Å². The SMILES string of the molecule is CC(=O)N1CCN(c2cc(-c3nc4ccccc4s3)c3ccccc3n2)CC1. The number of amides is 1. The average molecular weight is 388 g/mol. The number of carbonyl (C=O) groups is 1. The van der Waals surface area contributed by atoms with Crippen LogP contribution >= 0.6 is 11.3 Å². The molecule has 140 valence electrons. The molecule has 0 unspecified atom stereocenters. The molecule has 0 saturated carbocycles. The molecule has 3 heterocycles. The van der Waals surface area contributed by atoms with Gasteiger partial charge in [0.25, 0.3) is 0 Å². The zero-order valence-electron chi connectivity index (χ0n) is 15.6. The molecule has 1 aliphatic heterocycles. The Balaban J connectivity index is 1.59. The van der Waals surface area contributed by atoms with Crippen LogP contribution in [0.4, 0.5) is 5.82 Å². The predicted octanol–water partition coefficient (Wildman–Crippen LogP) is 4.18. The van der Waals surface area contributed by atoms with Crippen molar-refractivity contribution >= 4 is 44.2 Å². The van der Waals surface area contributed by atoms with Gasteiger partial charge in [0.2, 0.25) is 5.91 Å². The van der Waals surface area contributed by atoms with Crippen LogP contribution in [0, 0.1) is 0 Å². The van der Waals surface area contributed by atoms with E-state index in [0.29, 0.717) is 0 Å². The van der Waals surface area contributed by atoms with Crippen molar-refractivity contribution in [3.63, 3.8) is 0 Å². The number of fused-ring (bicyclic) bond motifs is 2. The first-order valence-corrected chi connectivity index (χ1v) is 10.3. The van der Waals surface area contributed by atoms with E-state index in [0.717, 1.165) is 59.0 Å². The van der Waals surface area contributed by atoms with Crippen LogP contribution in [0.3, 0.4) is 0 Å². The first kappa shape index (κ1) is 17.1. The Labute approximate surface area is 167 Å². The number of aromatic nitrogens is 2. The second-order valence-corrected chi connectivity index (χ2v) is 8.06. The van der Waals surface area contributed by atoms with Gasteiger partial charge in [0, 0.05) is 44.1 Å². The van der Waals surface area contributed by atoms with Crippen LogP contribution in [-0.2, 0) is 4.79 Å². The number of pyridine rings is 1. The largest absolute Gasteiger partial charge is 0.353 e. The molecule has 2 aromatic carbocycles. The lowest BCUT2D eigenvalue weighted by Gasteiger charge is -2.35. The van der Waals surface area contributed by atoms with Crippen molar-refractivity contribution < 1.29 is 4.79 Å². The molecule has 2 aromatic heterocycles. The molecule has 0 N–H and O–H groups in total. The number of hydrogen-bond acceptors (Lipinski definition) is 5. The number of carbonyl (C=O) groups excluding carboxylic acids is 1. The van der Waals surface area contributed by atoms with Crippen molar-refractivity contribution in [3.8, 4) is 10.6 Å². The molecule has 0 spiro atoms. The van der Waals surface area contributed by atoms with Gasteiger partial charge in [0.1, 0.15) is 10.8 Å². The third-order valence-corrected chi connectivity index (χ3v) is 6.35. The second-order valence-electron chi connectivity index (χ2n) is 7.03. The van der Waals surface area contributed by atoms with Crippen LogP contribution in [0.2, 0.25) is 0 Å². The topological polar surface area (TPSA) is 49.3 Å². The van der Waals surface area contributed by atoms with E-state index in [1.54, 1.807) is 18.3 Å². The second kappa shape index (κ2) is 6.87. The lowest BCUT2D eigenvalue weighted by atomic mass is 10.1. The molecule has 1 fully saturated rings. The molecule has 5 nitrogen and oxygen atoms in total. The Morgan fingerprint density at radius 1 is 0.929 bits per heavy atom. The van der Waals surface area contributed by atoms with Crippen LogP contribution in [0.5, 0.6) is 0 Å². The van der Waals surface area contributed by atoms with Crippen molar-refractivity contribution in [1.82, 2.24) is 14.9 Å². The maximum atomic E-state index is 11.6. The van der Waals surface area contributed by atoms with E-state index in [1.165, 1.54) is 4.70 Å². The van der Waals surface area contributed by atoms with Crippen LogP contribution in [0.15, 0.2) is 54.6 Å². The number of anilines is 1. The monoisotopic (exact) mass is 388 g/mol. The van der Waals surface area contributed by atoms with Crippen molar-refractivity contribution in [2.24, 2.45) is 0 Å². The van der Waals surface area contributed by atoms with Crippen LogP contribution in [0.25, 0.3) is 31.7 Å². The lowest BCUT2D eigenvalue weighted by molar-refractivity contribution is -0.129. The molecule has 0 atom stereocenters. The molecular formula is C22H20N4OS. The van der Waals surface area contributed by atoms with Gasteiger partial charge in [-0.1, -0.05) is 30.3 Å². The first-order chi connectivity index (χ1) is 13.7. The van der Waals surface area contributed by atoms with E-state index < -0.39 is 0 Å². The summed E-state index contributed by atoms with van der Waals surface area (Å²) in [5.74, 6) is 1.09. The van der Waals surface area contributed by atoms with Gasteiger partial charge >= 0.3 is 0 Å². The summed E-state index contributed by atoms with van der Waals surface area (Å²) in [6.07, 6.45) is 0. The highest BCUT2D eigenvalue weighted by Crippen LogP contribution is 2.36. The number of para-hydroxylation sites is 2. The number of thiazole rings is 1. The third kappa shape index (κ3) is 2.99. The fourth-order valence-electron chi connectivity index (χ4n) is 3.74. The quantitative estimate of drug-likeness (QED) is 0.517. The Bertz CT molecular complexity index is 1140. The fraction of sp³-hybridized carbons (Fsp3) is 0.227. The highest BCUT2D eigenvalue weighted by atomic mass is 32.1. The smallest absolute Gasteiger partial charge is 0.219 e. The van der Waals surface area contributed by atoms with Gasteiger partial charge in [-0.25, -0.2) is 9.97 Å². The summed E-state index contributed by atoms with van der Waals surface area (Å²) in [6.45, 7) is 4.70. The minimum atomic E-state index is 0.140. The molecule has 0 aliphatic carbocycles. The highest BCUT2D eigenvalue weighted by molar-refractivity contribution is 7.21. The summed E-state index contributed by atoms with van der Waals surface area (Å²) in [6, 6.07) is 18.6. The normalized spacial score (nSPS) is 14.8. The summed E-state index contributed by atoms with van der Waals surface area (Å²) in [5.41, 5.74) is 3.12. The molecule has 4 aromatic rings. The Hall–Kier alpha value is -2.99. The fourth-order valence-corrected chi connectivity index (χ4v) is 4.73. The molecule has 1 amide bonds. The van der Waals surface area contributed by atoms with Gasteiger partial charge in [0.05, 0.1) is 15.7 Å². The Morgan fingerprint density at radius 3 is 2.39 bits per heavy atom. The van der Waals surface area contributed by atoms with Gasteiger partial charge in [-0.05, 0) is 24.3 Å². The van der Waals surface area contributed by atoms with Gasteiger partial charge in [0.15, 0.2) is 0 Å². The van der Waals surface area contributed by atoms with Gasteiger partial charge in [-0.2, -0.15) is 0 Å². The molecule has 1 saturated heterocycles. The number of nitrogens with zero attached hydrogens (tertiary/aromatic N) is 4. The maximum absolute atomic E-state index is 11.6. The van der Waals surface area contributed by atoms with Crippen LogP contribution in [-0.4, -0.2) is 47.0 Å². The average Bonchev–Trinajstić information content (AvgIpc) is 3.17. The summed E-state index contributed by atoms with van der Waals surface area (Å²) in [7, 11) is 0. The summed E-state index contributed by atoms with van der Waals surface area (Å²) >= 11 is 1.71. The summed E-state index contributed by atoms with van der Waals surface area (Å²) in [4.78, 5) is 25.6. The number of hydrogen-bond donors (Lipinski definition) is 0. The van der Waals surface area contributed by atoms with Crippen LogP contribution < -0.4 is 4.90 Å². The van der Waals surface area contributed by atoms with Crippen molar-refractivity contribution in [2.75, 3.05) is 31.1 Å². The summed E-state index contributed by atoms with van der Waals surface area (Å²) in [5, 5.41) is 2.14. The molecule has 1 aliphatic rings. The van der Waals surface area contributed by atoms with E-state index in [1.807, 2.05) is 23.1 Å². The Morgan fingerprint density at radius 2 is 1.64 bits per heavy atom. The molecular weight excluding hydrogens is 368 g/mol. The molecule has 0 radical (unpaired) electrons. The van der Waals surface area contributed by atoms with Gasteiger partial charge < -0.3 is 9.80 Å². The number of rotatable bonds is 2. The number of piperazine rings is 1. The number of benzene rings is 2. The summed E-state index contributed by atoms with van der Waals surface area (Å²) < 4.78 is 1.19. The molecule has 5 rings (SSSR count). The third-order valence-electron chi connectivity index (χ3n) is 5.28. The van der Waals surface area contributed by atoms with Crippen LogP contribution in [0.1, 0.15) is 6.92 Å². The zero-order valence-corrected chi connectivity index (χ0v) is 16.4. The zero-order chi connectivity index (χ0) is 19.1. The van der Waals surface area contributed by atoms with E-state index in [9.17, 15) is 4.79 Å². The lowest BCUT2D eigenvalue weighted by Crippen LogP contribution is -2.48. The molecule has 0 bridgehead atoms. The Kier molecular flexibility index (Phi) is 4.20. The van der Waals surface area contributed by atoms with E-state index in [-0.39, 0.29) is 5.91 Å². The van der Waals surface area contributed by atoms with Gasteiger partial charge in [-0.3, -0.25) is 4.79 Å². The van der Waals surface area contributed by atoms with Gasteiger partial charge in [-0.15, -0.1) is 11.3 Å². The molecule has 28 heavy (non-hydrogen) atoms. The molecule has 6 heteroatoms. The first-order valence-electron chi connectivity index (χ1n) is 9.45. The van der Waals surface area contributed by atoms with E-state index >= 15 is 0 Å². The van der Waals surface area contributed by atoms with E-state index in [2.05, 4.69) is 41.3 Å². The maximum Gasteiger partial charge on any atom is 0.219 e. The van der Waals surface area contributed by atoms with Crippen molar-refractivity contribution in [2.45, 2.75) is 6.92 Å². The van der Waals surface area contributed by atoms with Crippen molar-refractivity contribution in [3.05, 3.63) is 54.6 Å². The predicted molar refractivity (Wildman–Crippen MR) is 115 cm³/mol. The minimum Gasteiger partial charge on any atom is -0.353 e. The minimum absolute atomic E-state index is 0.140. The highest BCUT2D eigenvalue weighted by Gasteiger charge is 2.21. The standard InChI is InChI=1S/C22H20N4OS/c1-15(27)25-10-12-26(13-11-25)21-14-17(16-6-2-3-7-18(16)23-21)22-24-19-8-4-5-9-20(19)28-22/h2-9,14H,10-13H2,1H3. The van der Waals surface area contributed by atoms with Crippen molar-refractivity contribution in [1.29, 1.82) is 0 Å².